The molecule has 0 aliphatic rings. The summed E-state index contributed by atoms with van der Waals surface area (Å²) in [7, 11) is 1.90. The number of aromatic nitrogens is 3. The van der Waals surface area contributed by atoms with Crippen LogP contribution in [0.3, 0.4) is 0 Å². The van der Waals surface area contributed by atoms with E-state index < -0.39 is 0 Å². The van der Waals surface area contributed by atoms with Crippen LogP contribution < -0.4 is 5.32 Å². The van der Waals surface area contributed by atoms with Crippen molar-refractivity contribution in [3.05, 3.63) is 47.2 Å². The van der Waals surface area contributed by atoms with Gasteiger partial charge in [0.15, 0.2) is 0 Å². The Labute approximate surface area is 110 Å². The van der Waals surface area contributed by atoms with Crippen molar-refractivity contribution in [3.8, 4) is 0 Å². The zero-order valence-electron chi connectivity index (χ0n) is 9.94. The lowest BCUT2D eigenvalue weighted by Crippen LogP contribution is -2.00. The number of fused-ring (bicyclic) bond motifs is 1. The minimum Gasteiger partial charge on any atom is -0.364 e. The second-order valence-corrected chi connectivity index (χ2v) is 4.67. The van der Waals surface area contributed by atoms with Crippen molar-refractivity contribution in [1.29, 1.82) is 0 Å². The highest BCUT2D eigenvalue weighted by Crippen LogP contribution is 2.22. The van der Waals surface area contributed by atoms with Crippen molar-refractivity contribution in [3.63, 3.8) is 0 Å². The second-order valence-electron chi connectivity index (χ2n) is 4.23. The minimum absolute atomic E-state index is 0.735. The molecule has 3 aromatic rings. The molecule has 0 unspecified atom stereocenters. The predicted molar refractivity (Wildman–Crippen MR) is 73.8 cm³/mol. The van der Waals surface area contributed by atoms with Crippen LogP contribution in [0.2, 0.25) is 5.02 Å². The largest absolute Gasteiger partial charge is 0.364 e. The summed E-state index contributed by atoms with van der Waals surface area (Å²) in [6.45, 7) is 0.735. The molecule has 0 bridgehead atoms. The summed E-state index contributed by atoms with van der Waals surface area (Å²) < 4.78 is 1.78. The van der Waals surface area contributed by atoms with E-state index in [1.165, 1.54) is 10.9 Å². The third-order valence-corrected chi connectivity index (χ3v) is 3.14. The van der Waals surface area contributed by atoms with E-state index in [2.05, 4.69) is 15.4 Å². The van der Waals surface area contributed by atoms with Gasteiger partial charge in [0.2, 0.25) is 0 Å². The van der Waals surface area contributed by atoms with E-state index in [-0.39, 0.29) is 0 Å². The molecule has 0 aliphatic carbocycles. The van der Waals surface area contributed by atoms with Crippen LogP contribution in [0.15, 0.2) is 36.7 Å². The molecule has 5 heteroatoms. The molecule has 18 heavy (non-hydrogen) atoms. The first-order valence-electron chi connectivity index (χ1n) is 5.71. The van der Waals surface area contributed by atoms with Gasteiger partial charge >= 0.3 is 0 Å². The smallest absolute Gasteiger partial charge is 0.148 e. The van der Waals surface area contributed by atoms with Crippen LogP contribution in [0.25, 0.3) is 10.9 Å². The number of H-pyrrole nitrogens is 1. The fraction of sp³-hybridized carbons (Fsp3) is 0.154. The molecule has 0 aliphatic heterocycles. The standard InChI is InChI=1S/C13H13ClN4/c1-18-5-4-13(17-18)16-8-9-7-15-12-6-10(14)2-3-11(9)12/h2-7,15H,8H2,1H3,(H,16,17). The Morgan fingerprint density at radius 2 is 2.28 bits per heavy atom. The number of nitrogens with one attached hydrogen (secondary N) is 2. The van der Waals surface area contributed by atoms with Crippen LogP contribution in [0.5, 0.6) is 0 Å². The van der Waals surface area contributed by atoms with Crippen molar-refractivity contribution in [2.75, 3.05) is 5.32 Å². The van der Waals surface area contributed by atoms with Crippen LogP contribution in [-0.4, -0.2) is 14.8 Å². The third-order valence-electron chi connectivity index (χ3n) is 2.90. The number of nitrogens with zero attached hydrogens (tertiary/aromatic N) is 2. The summed E-state index contributed by atoms with van der Waals surface area (Å²) in [4.78, 5) is 3.22. The maximum atomic E-state index is 5.96. The second kappa shape index (κ2) is 4.38. The molecule has 0 radical (unpaired) electrons. The van der Waals surface area contributed by atoms with Crippen LogP contribution in [-0.2, 0) is 13.6 Å². The van der Waals surface area contributed by atoms with Crippen molar-refractivity contribution in [2.45, 2.75) is 6.54 Å². The van der Waals surface area contributed by atoms with Crippen LogP contribution in [0.4, 0.5) is 5.82 Å². The lowest BCUT2D eigenvalue weighted by Gasteiger charge is -2.01. The average molecular weight is 261 g/mol. The Bertz CT molecular complexity index is 683. The van der Waals surface area contributed by atoms with E-state index in [4.69, 9.17) is 11.6 Å². The molecule has 0 fully saturated rings. The number of anilines is 1. The molecule has 0 saturated carbocycles. The Kier molecular flexibility index (Phi) is 2.72. The zero-order valence-corrected chi connectivity index (χ0v) is 10.7. The molecule has 4 nitrogen and oxygen atoms in total. The number of halogens is 1. The molecule has 3 rings (SSSR count). The Hall–Kier alpha value is -1.94. The van der Waals surface area contributed by atoms with Gasteiger partial charge in [-0.1, -0.05) is 17.7 Å². The molecule has 0 spiro atoms. The average Bonchev–Trinajstić information content (AvgIpc) is 2.92. The van der Waals surface area contributed by atoms with Gasteiger partial charge in [-0.05, 0) is 17.7 Å². The van der Waals surface area contributed by atoms with E-state index in [1.54, 1.807) is 4.68 Å². The monoisotopic (exact) mass is 260 g/mol. The van der Waals surface area contributed by atoms with E-state index >= 15 is 0 Å². The first-order chi connectivity index (χ1) is 8.72. The number of aromatic amines is 1. The normalized spacial score (nSPS) is 11.0. The van der Waals surface area contributed by atoms with Gasteiger partial charge in [0.05, 0.1) is 0 Å². The summed E-state index contributed by atoms with van der Waals surface area (Å²) >= 11 is 5.96. The minimum atomic E-state index is 0.735. The molecule has 0 atom stereocenters. The third kappa shape index (κ3) is 2.07. The highest BCUT2D eigenvalue weighted by Gasteiger charge is 2.04. The number of rotatable bonds is 3. The van der Waals surface area contributed by atoms with Gasteiger partial charge in [-0.2, -0.15) is 5.10 Å². The Balaban J connectivity index is 1.82. The van der Waals surface area contributed by atoms with Crippen LogP contribution in [0.1, 0.15) is 5.56 Å². The maximum Gasteiger partial charge on any atom is 0.148 e. The quantitative estimate of drug-likeness (QED) is 0.760. The van der Waals surface area contributed by atoms with Gasteiger partial charge in [0, 0.05) is 48.0 Å². The first kappa shape index (κ1) is 11.2. The van der Waals surface area contributed by atoms with Crippen LogP contribution >= 0.6 is 11.6 Å². The molecule has 92 valence electrons. The molecular weight excluding hydrogens is 248 g/mol. The number of hydrogen-bond donors (Lipinski definition) is 2. The fourth-order valence-corrected chi connectivity index (χ4v) is 2.17. The van der Waals surface area contributed by atoms with Gasteiger partial charge < -0.3 is 10.3 Å². The van der Waals surface area contributed by atoms with Gasteiger partial charge in [0.25, 0.3) is 0 Å². The molecule has 0 saturated heterocycles. The summed E-state index contributed by atoms with van der Waals surface area (Å²) in [6.07, 6.45) is 3.91. The topological polar surface area (TPSA) is 45.6 Å². The molecular formula is C13H13ClN4. The SMILES string of the molecule is Cn1ccc(NCc2c[nH]c3cc(Cl)ccc23)n1. The maximum absolute atomic E-state index is 5.96. The van der Waals surface area contributed by atoms with Gasteiger partial charge in [-0.25, -0.2) is 0 Å². The van der Waals surface area contributed by atoms with Crippen molar-refractivity contribution < 1.29 is 0 Å². The van der Waals surface area contributed by atoms with E-state index in [0.29, 0.717) is 0 Å². The van der Waals surface area contributed by atoms with Crippen molar-refractivity contribution in [2.24, 2.45) is 7.05 Å². The molecule has 2 heterocycles. The number of benzene rings is 1. The van der Waals surface area contributed by atoms with Crippen molar-refractivity contribution >= 4 is 28.3 Å². The lowest BCUT2D eigenvalue weighted by atomic mass is 10.2. The van der Waals surface area contributed by atoms with E-state index in [0.717, 1.165) is 22.9 Å². The molecule has 2 aromatic heterocycles. The Morgan fingerprint density at radius 3 is 3.06 bits per heavy atom. The fourth-order valence-electron chi connectivity index (χ4n) is 2.00. The Morgan fingerprint density at radius 1 is 1.39 bits per heavy atom. The number of hydrogen-bond acceptors (Lipinski definition) is 2. The van der Waals surface area contributed by atoms with E-state index in [1.807, 2.05) is 43.7 Å². The molecule has 1 aromatic carbocycles. The van der Waals surface area contributed by atoms with E-state index in [9.17, 15) is 0 Å². The summed E-state index contributed by atoms with van der Waals surface area (Å²) in [5.74, 6) is 0.876. The van der Waals surface area contributed by atoms with Gasteiger partial charge in [0.1, 0.15) is 5.82 Å². The lowest BCUT2D eigenvalue weighted by molar-refractivity contribution is 0.768. The first-order valence-corrected chi connectivity index (χ1v) is 6.09. The molecule has 0 amide bonds. The summed E-state index contributed by atoms with van der Waals surface area (Å²) in [5.41, 5.74) is 2.26. The number of aryl methyl sites for hydroxylation is 1. The van der Waals surface area contributed by atoms with Crippen LogP contribution in [0, 0.1) is 0 Å². The molecule has 2 N–H and O–H groups in total. The summed E-state index contributed by atoms with van der Waals surface area (Å²) in [5, 5.41) is 9.50. The van der Waals surface area contributed by atoms with Crippen molar-refractivity contribution in [1.82, 2.24) is 14.8 Å². The summed E-state index contributed by atoms with van der Waals surface area (Å²) in [6, 6.07) is 7.82. The zero-order chi connectivity index (χ0) is 12.5. The predicted octanol–water partition coefficient (Wildman–Crippen LogP) is 3.17. The highest BCUT2D eigenvalue weighted by atomic mass is 35.5. The highest BCUT2D eigenvalue weighted by molar-refractivity contribution is 6.31. The van der Waals surface area contributed by atoms with Gasteiger partial charge in [-0.15, -0.1) is 0 Å². The van der Waals surface area contributed by atoms with Gasteiger partial charge in [-0.3, -0.25) is 4.68 Å².